The number of likely N-dealkylation sites (tertiary alicyclic amines) is 1. The van der Waals surface area contributed by atoms with Crippen molar-refractivity contribution in [2.75, 3.05) is 18.0 Å². The number of rotatable bonds is 2. The van der Waals surface area contributed by atoms with Gasteiger partial charge in [-0.05, 0) is 48.1 Å². The van der Waals surface area contributed by atoms with Crippen molar-refractivity contribution in [1.29, 1.82) is 10.5 Å². The largest absolute Gasteiger partial charge is 0.310 e. The zero-order valence-corrected chi connectivity index (χ0v) is 14.4. The van der Waals surface area contributed by atoms with Crippen LogP contribution in [0.1, 0.15) is 24.0 Å². The Morgan fingerprint density at radius 3 is 2.65 bits per heavy atom. The van der Waals surface area contributed by atoms with Crippen LogP contribution in [-0.2, 0) is 11.2 Å². The highest BCUT2D eigenvalue weighted by atomic mass is 16.2. The number of amides is 1. The molecule has 0 bridgehead atoms. The summed E-state index contributed by atoms with van der Waals surface area (Å²) in [6.07, 6.45) is 4.51. The summed E-state index contributed by atoms with van der Waals surface area (Å²) in [5, 5.41) is 18.7. The number of anilines is 1. The smallest absolute Gasteiger partial charge is 0.250 e. The van der Waals surface area contributed by atoms with Gasteiger partial charge < -0.3 is 4.90 Å². The highest BCUT2D eigenvalue weighted by Crippen LogP contribution is 2.38. The molecule has 26 heavy (non-hydrogen) atoms. The Morgan fingerprint density at radius 2 is 1.85 bits per heavy atom. The predicted octanol–water partition coefficient (Wildman–Crippen LogP) is 3.06. The fourth-order valence-corrected chi connectivity index (χ4v) is 4.05. The highest BCUT2D eigenvalue weighted by molar-refractivity contribution is 6.00. The first kappa shape index (κ1) is 16.2. The van der Waals surface area contributed by atoms with Crippen LogP contribution in [0.15, 0.2) is 42.5 Å². The maximum Gasteiger partial charge on any atom is 0.250 e. The second-order valence-corrected chi connectivity index (χ2v) is 6.65. The van der Waals surface area contributed by atoms with Crippen LogP contribution in [-0.4, -0.2) is 29.9 Å². The number of hydrogen-bond donors (Lipinski definition) is 0. The van der Waals surface area contributed by atoms with Gasteiger partial charge in [0.15, 0.2) is 6.19 Å². The molecule has 5 heteroatoms. The Morgan fingerprint density at radius 1 is 1.04 bits per heavy atom. The summed E-state index contributed by atoms with van der Waals surface area (Å²) in [4.78, 5) is 16.4. The molecule has 0 aromatic heterocycles. The number of nitrogens with zero attached hydrogens (tertiary/aromatic N) is 4. The monoisotopic (exact) mass is 342 g/mol. The molecular formula is C21H18N4O. The van der Waals surface area contributed by atoms with E-state index in [2.05, 4.69) is 12.3 Å². The number of hydrogen-bond acceptors (Lipinski definition) is 4. The van der Waals surface area contributed by atoms with E-state index in [1.165, 1.54) is 0 Å². The lowest BCUT2D eigenvalue weighted by Crippen LogP contribution is -2.43. The molecule has 1 atom stereocenters. The molecule has 0 radical (unpaired) electrons. The van der Waals surface area contributed by atoms with E-state index >= 15 is 0 Å². The van der Waals surface area contributed by atoms with Crippen molar-refractivity contribution in [3.05, 3.63) is 53.6 Å². The first-order valence-corrected chi connectivity index (χ1v) is 8.83. The molecule has 1 fully saturated rings. The molecule has 0 aliphatic carbocycles. The Bertz CT molecular complexity index is 953. The molecule has 2 heterocycles. The van der Waals surface area contributed by atoms with Gasteiger partial charge in [-0.1, -0.05) is 30.3 Å². The van der Waals surface area contributed by atoms with Gasteiger partial charge in [-0.2, -0.15) is 10.5 Å². The van der Waals surface area contributed by atoms with Crippen molar-refractivity contribution in [2.45, 2.75) is 25.3 Å². The van der Waals surface area contributed by atoms with Gasteiger partial charge in [0.1, 0.15) is 6.04 Å². The summed E-state index contributed by atoms with van der Waals surface area (Å²) in [5.41, 5.74) is 4.56. The van der Waals surface area contributed by atoms with Crippen LogP contribution in [0.5, 0.6) is 0 Å². The Balaban J connectivity index is 1.72. The van der Waals surface area contributed by atoms with Crippen LogP contribution in [0.3, 0.4) is 0 Å². The molecule has 5 nitrogen and oxygen atoms in total. The Labute approximate surface area is 152 Å². The zero-order valence-electron chi connectivity index (χ0n) is 14.4. The summed E-state index contributed by atoms with van der Waals surface area (Å²) in [7, 11) is 0. The summed E-state index contributed by atoms with van der Waals surface area (Å²) in [5.74, 6) is 0.00789. The fraction of sp³-hybridized carbons (Fsp3) is 0.286. The maximum atomic E-state index is 13.0. The van der Waals surface area contributed by atoms with Crippen molar-refractivity contribution < 1.29 is 4.79 Å². The third-order valence-corrected chi connectivity index (χ3v) is 5.30. The summed E-state index contributed by atoms with van der Waals surface area (Å²) in [6.45, 7) is 1.28. The molecule has 1 saturated heterocycles. The van der Waals surface area contributed by atoms with Gasteiger partial charge in [0.05, 0.1) is 11.6 Å². The van der Waals surface area contributed by atoms with Gasteiger partial charge >= 0.3 is 0 Å². The van der Waals surface area contributed by atoms with E-state index in [1.54, 1.807) is 4.90 Å². The Kier molecular flexibility index (Phi) is 4.07. The molecular weight excluding hydrogens is 324 g/mol. The van der Waals surface area contributed by atoms with E-state index in [0.29, 0.717) is 18.7 Å². The average molecular weight is 342 g/mol. The first-order chi connectivity index (χ1) is 12.7. The van der Waals surface area contributed by atoms with Crippen LogP contribution < -0.4 is 4.90 Å². The lowest BCUT2D eigenvalue weighted by Gasteiger charge is -2.25. The second-order valence-electron chi connectivity index (χ2n) is 6.65. The fourth-order valence-electron chi connectivity index (χ4n) is 4.05. The van der Waals surface area contributed by atoms with Crippen molar-refractivity contribution in [1.82, 2.24) is 4.90 Å². The van der Waals surface area contributed by atoms with E-state index < -0.39 is 0 Å². The quantitative estimate of drug-likeness (QED) is 0.787. The summed E-state index contributed by atoms with van der Waals surface area (Å²) >= 11 is 0. The standard InChI is InChI=1S/C21H18N4O/c22-13-15-5-1-2-6-16(15)17-7-3-8-19-18(17)10-12-25(19)21(26)20-9-4-11-24(20)14-23/h1-3,5-8,20H,4,9-12H2. The molecule has 0 spiro atoms. The molecule has 0 N–H and O–H groups in total. The predicted molar refractivity (Wildman–Crippen MR) is 98.0 cm³/mol. The average Bonchev–Trinajstić information content (AvgIpc) is 3.34. The molecule has 2 aliphatic heterocycles. The molecule has 2 aromatic carbocycles. The van der Waals surface area contributed by atoms with Gasteiger partial charge in [-0.25, -0.2) is 0 Å². The summed E-state index contributed by atoms with van der Waals surface area (Å²) in [6, 6.07) is 15.4. The van der Waals surface area contributed by atoms with E-state index in [0.717, 1.165) is 41.6 Å². The molecule has 128 valence electrons. The van der Waals surface area contributed by atoms with Crippen molar-refractivity contribution in [3.63, 3.8) is 0 Å². The second kappa shape index (κ2) is 6.54. The van der Waals surface area contributed by atoms with E-state index in [4.69, 9.17) is 0 Å². The number of nitriles is 2. The topological polar surface area (TPSA) is 71.1 Å². The third kappa shape index (κ3) is 2.50. The Hall–Kier alpha value is -3.31. The van der Waals surface area contributed by atoms with Crippen LogP contribution in [0.4, 0.5) is 5.69 Å². The zero-order chi connectivity index (χ0) is 18.1. The van der Waals surface area contributed by atoms with Gasteiger partial charge in [-0.3, -0.25) is 9.69 Å². The number of carbonyl (C=O) groups is 1. The SMILES string of the molecule is N#Cc1ccccc1-c1cccc2c1CCN2C(=O)C1CCCN1C#N. The number of carbonyl (C=O) groups excluding carboxylic acids is 1. The molecule has 2 aromatic rings. The van der Waals surface area contributed by atoms with E-state index in [9.17, 15) is 15.3 Å². The maximum absolute atomic E-state index is 13.0. The first-order valence-electron chi connectivity index (χ1n) is 8.83. The minimum Gasteiger partial charge on any atom is -0.310 e. The van der Waals surface area contributed by atoms with Crippen LogP contribution in [0.2, 0.25) is 0 Å². The molecule has 0 saturated carbocycles. The molecule has 1 unspecified atom stereocenters. The minimum absolute atomic E-state index is 0.00789. The third-order valence-electron chi connectivity index (χ3n) is 5.30. The van der Waals surface area contributed by atoms with Gasteiger partial charge in [-0.15, -0.1) is 0 Å². The molecule has 2 aliphatic rings. The van der Waals surface area contributed by atoms with Gasteiger partial charge in [0.25, 0.3) is 0 Å². The van der Waals surface area contributed by atoms with Crippen LogP contribution in [0, 0.1) is 22.8 Å². The van der Waals surface area contributed by atoms with E-state index in [1.807, 2.05) is 47.4 Å². The lowest BCUT2D eigenvalue weighted by molar-refractivity contribution is -0.121. The minimum atomic E-state index is -0.346. The van der Waals surface area contributed by atoms with Gasteiger partial charge in [0.2, 0.25) is 5.91 Å². The number of benzene rings is 2. The normalized spacial score (nSPS) is 18.3. The molecule has 4 rings (SSSR count). The van der Waals surface area contributed by atoms with Crippen LogP contribution in [0.25, 0.3) is 11.1 Å². The highest BCUT2D eigenvalue weighted by Gasteiger charge is 2.36. The lowest BCUT2D eigenvalue weighted by atomic mass is 9.94. The van der Waals surface area contributed by atoms with Crippen molar-refractivity contribution in [2.24, 2.45) is 0 Å². The van der Waals surface area contributed by atoms with Crippen molar-refractivity contribution in [3.8, 4) is 23.4 Å². The van der Waals surface area contributed by atoms with E-state index in [-0.39, 0.29) is 11.9 Å². The number of fused-ring (bicyclic) bond motifs is 1. The summed E-state index contributed by atoms with van der Waals surface area (Å²) < 4.78 is 0. The molecule has 1 amide bonds. The van der Waals surface area contributed by atoms with Crippen molar-refractivity contribution >= 4 is 11.6 Å². The van der Waals surface area contributed by atoms with Gasteiger partial charge in [0, 0.05) is 18.8 Å². The van der Waals surface area contributed by atoms with Crippen LogP contribution >= 0.6 is 0 Å².